The lowest BCUT2D eigenvalue weighted by atomic mass is 9.98. The fourth-order valence-corrected chi connectivity index (χ4v) is 4.25. The lowest BCUT2D eigenvalue weighted by Gasteiger charge is -2.12. The molecule has 6 nitrogen and oxygen atoms in total. The summed E-state index contributed by atoms with van der Waals surface area (Å²) in [6.45, 7) is 7.23. The van der Waals surface area contributed by atoms with Crippen molar-refractivity contribution in [1.82, 2.24) is 30.2 Å². The normalized spacial score (nSPS) is 11.3. The Balaban J connectivity index is 1.51. The van der Waals surface area contributed by atoms with Crippen molar-refractivity contribution in [2.24, 2.45) is 0 Å². The first-order valence-corrected chi connectivity index (χ1v) is 10.5. The molecule has 0 aliphatic carbocycles. The highest BCUT2D eigenvalue weighted by atomic mass is 15.5. The monoisotopic (exact) mass is 408 g/mol. The molecule has 0 fully saturated rings. The second kappa shape index (κ2) is 7.80. The maximum atomic E-state index is 4.85. The first kappa shape index (κ1) is 19.2. The summed E-state index contributed by atoms with van der Waals surface area (Å²) >= 11 is 0. The Morgan fingerprint density at radius 1 is 0.935 bits per heavy atom. The van der Waals surface area contributed by atoms with E-state index in [1.807, 2.05) is 18.2 Å². The minimum Gasteiger partial charge on any atom is -0.325 e. The third-order valence-corrected chi connectivity index (χ3v) is 5.78. The van der Waals surface area contributed by atoms with Gasteiger partial charge in [0, 0.05) is 28.9 Å². The number of H-pyrrole nitrogens is 1. The molecule has 5 aromatic rings. The van der Waals surface area contributed by atoms with Crippen molar-refractivity contribution < 1.29 is 0 Å². The van der Waals surface area contributed by atoms with Gasteiger partial charge in [0.05, 0.1) is 0 Å². The summed E-state index contributed by atoms with van der Waals surface area (Å²) in [4.78, 5) is 4.85. The van der Waals surface area contributed by atoms with Gasteiger partial charge in [0.2, 0.25) is 0 Å². The Morgan fingerprint density at radius 3 is 2.42 bits per heavy atom. The molecule has 2 aromatic carbocycles. The Bertz CT molecular complexity index is 1350. The Kier molecular flexibility index (Phi) is 4.82. The van der Waals surface area contributed by atoms with Gasteiger partial charge in [-0.05, 0) is 65.1 Å². The van der Waals surface area contributed by atoms with E-state index in [4.69, 9.17) is 4.98 Å². The van der Waals surface area contributed by atoms with Crippen LogP contribution in [-0.4, -0.2) is 30.2 Å². The maximum Gasteiger partial charge on any atom is 0.180 e. The van der Waals surface area contributed by atoms with Gasteiger partial charge >= 0.3 is 0 Å². The number of benzene rings is 2. The number of hydrogen-bond acceptors (Lipinski definition) is 4. The van der Waals surface area contributed by atoms with E-state index in [0.717, 1.165) is 41.0 Å². The number of aromatic amines is 1. The van der Waals surface area contributed by atoms with Crippen LogP contribution in [0.3, 0.4) is 0 Å². The standard InChI is InChI=1S/C25H24N6/c1-4-20-14-23-16(2)13-17(3)26-25(23)31(20)15-18-9-11-19(12-10-18)21-7-5-6-8-22(21)24-27-29-30-28-24/h5-14H,4,15H2,1-3H3,(H,27,28,29,30). The lowest BCUT2D eigenvalue weighted by Crippen LogP contribution is -2.05. The van der Waals surface area contributed by atoms with Crippen molar-refractivity contribution in [2.75, 3.05) is 0 Å². The van der Waals surface area contributed by atoms with E-state index < -0.39 is 0 Å². The van der Waals surface area contributed by atoms with Crippen LogP contribution in [0.15, 0.2) is 60.7 Å². The molecule has 3 heterocycles. The van der Waals surface area contributed by atoms with Crippen LogP contribution in [0.1, 0.15) is 29.4 Å². The minimum absolute atomic E-state index is 0.669. The largest absolute Gasteiger partial charge is 0.325 e. The van der Waals surface area contributed by atoms with Gasteiger partial charge in [-0.25, -0.2) is 10.1 Å². The van der Waals surface area contributed by atoms with Crippen molar-refractivity contribution in [2.45, 2.75) is 33.7 Å². The number of nitrogens with one attached hydrogen (secondary N) is 1. The van der Waals surface area contributed by atoms with Crippen molar-refractivity contribution in [1.29, 1.82) is 0 Å². The van der Waals surface area contributed by atoms with Crippen LogP contribution in [0.5, 0.6) is 0 Å². The number of rotatable bonds is 5. The number of pyridine rings is 1. The highest BCUT2D eigenvalue weighted by Crippen LogP contribution is 2.30. The number of hydrogen-bond donors (Lipinski definition) is 1. The summed E-state index contributed by atoms with van der Waals surface area (Å²) in [5.41, 5.74) is 9.18. The summed E-state index contributed by atoms with van der Waals surface area (Å²) in [6, 6.07) is 21.3. The molecular formula is C25H24N6. The van der Waals surface area contributed by atoms with Gasteiger partial charge in [-0.2, -0.15) is 0 Å². The fraction of sp³-hybridized carbons (Fsp3) is 0.200. The second-order valence-corrected chi connectivity index (χ2v) is 7.89. The Hall–Kier alpha value is -3.80. The van der Waals surface area contributed by atoms with Gasteiger partial charge in [0.15, 0.2) is 5.82 Å². The quantitative estimate of drug-likeness (QED) is 0.439. The number of aromatic nitrogens is 6. The molecule has 0 spiro atoms. The van der Waals surface area contributed by atoms with Crippen LogP contribution in [0, 0.1) is 13.8 Å². The van der Waals surface area contributed by atoms with Crippen molar-refractivity contribution in [3.05, 3.63) is 83.2 Å². The molecule has 0 amide bonds. The van der Waals surface area contributed by atoms with Crippen LogP contribution < -0.4 is 0 Å². The second-order valence-electron chi connectivity index (χ2n) is 7.89. The first-order valence-electron chi connectivity index (χ1n) is 10.5. The molecule has 0 radical (unpaired) electrons. The zero-order chi connectivity index (χ0) is 21.4. The number of nitrogens with zero attached hydrogens (tertiary/aromatic N) is 5. The average molecular weight is 409 g/mol. The minimum atomic E-state index is 0.669. The molecule has 5 rings (SSSR count). The van der Waals surface area contributed by atoms with Crippen LogP contribution >= 0.6 is 0 Å². The SMILES string of the molecule is CCc1cc2c(C)cc(C)nc2n1Cc1ccc(-c2ccccc2-c2nnn[nH]2)cc1. The van der Waals surface area contributed by atoms with Gasteiger partial charge in [0.1, 0.15) is 5.65 Å². The molecule has 0 atom stereocenters. The molecule has 0 saturated carbocycles. The molecule has 6 heteroatoms. The zero-order valence-electron chi connectivity index (χ0n) is 17.9. The molecule has 0 aliphatic rings. The van der Waals surface area contributed by atoms with E-state index in [9.17, 15) is 0 Å². The molecule has 0 unspecified atom stereocenters. The van der Waals surface area contributed by atoms with Gasteiger partial charge < -0.3 is 4.57 Å². The fourth-order valence-electron chi connectivity index (χ4n) is 4.25. The third kappa shape index (κ3) is 3.50. The molecule has 0 saturated heterocycles. The Labute approximate surface area is 181 Å². The summed E-state index contributed by atoms with van der Waals surface area (Å²) in [7, 11) is 0. The maximum absolute atomic E-state index is 4.85. The van der Waals surface area contributed by atoms with Crippen LogP contribution in [0.2, 0.25) is 0 Å². The van der Waals surface area contributed by atoms with E-state index in [1.54, 1.807) is 0 Å². The number of fused-ring (bicyclic) bond motifs is 1. The van der Waals surface area contributed by atoms with E-state index >= 15 is 0 Å². The van der Waals surface area contributed by atoms with Gasteiger partial charge in [-0.3, -0.25) is 0 Å². The number of aryl methyl sites for hydroxylation is 3. The van der Waals surface area contributed by atoms with Gasteiger partial charge in [-0.1, -0.05) is 55.5 Å². The van der Waals surface area contributed by atoms with E-state index in [2.05, 4.69) is 88.4 Å². The predicted molar refractivity (Wildman–Crippen MR) is 123 cm³/mol. The van der Waals surface area contributed by atoms with Gasteiger partial charge in [0.25, 0.3) is 0 Å². The number of tetrazole rings is 1. The van der Waals surface area contributed by atoms with E-state index in [1.165, 1.54) is 22.2 Å². The van der Waals surface area contributed by atoms with Crippen LogP contribution in [0.25, 0.3) is 33.5 Å². The lowest BCUT2D eigenvalue weighted by molar-refractivity contribution is 0.766. The van der Waals surface area contributed by atoms with E-state index in [0.29, 0.717) is 5.82 Å². The first-order chi connectivity index (χ1) is 15.1. The van der Waals surface area contributed by atoms with Crippen molar-refractivity contribution in [3.8, 4) is 22.5 Å². The topological polar surface area (TPSA) is 72.3 Å². The smallest absolute Gasteiger partial charge is 0.180 e. The molecule has 3 aromatic heterocycles. The predicted octanol–water partition coefficient (Wildman–Crippen LogP) is 5.11. The Morgan fingerprint density at radius 2 is 1.71 bits per heavy atom. The molecule has 0 bridgehead atoms. The molecule has 31 heavy (non-hydrogen) atoms. The molecular weight excluding hydrogens is 384 g/mol. The highest BCUT2D eigenvalue weighted by molar-refractivity contribution is 5.82. The summed E-state index contributed by atoms with van der Waals surface area (Å²) in [5, 5.41) is 15.6. The van der Waals surface area contributed by atoms with Crippen LogP contribution in [0.4, 0.5) is 0 Å². The summed E-state index contributed by atoms with van der Waals surface area (Å²) in [5.74, 6) is 0.669. The van der Waals surface area contributed by atoms with Crippen LogP contribution in [-0.2, 0) is 13.0 Å². The van der Waals surface area contributed by atoms with Crippen molar-refractivity contribution in [3.63, 3.8) is 0 Å². The summed E-state index contributed by atoms with van der Waals surface area (Å²) in [6.07, 6.45) is 0.978. The van der Waals surface area contributed by atoms with Crippen molar-refractivity contribution >= 4 is 11.0 Å². The van der Waals surface area contributed by atoms with E-state index in [-0.39, 0.29) is 0 Å². The molecule has 0 aliphatic heterocycles. The summed E-state index contributed by atoms with van der Waals surface area (Å²) < 4.78 is 2.35. The molecule has 1 N–H and O–H groups in total. The highest BCUT2D eigenvalue weighted by Gasteiger charge is 2.13. The third-order valence-electron chi connectivity index (χ3n) is 5.78. The van der Waals surface area contributed by atoms with Gasteiger partial charge in [-0.15, -0.1) is 5.10 Å². The zero-order valence-corrected chi connectivity index (χ0v) is 17.9. The average Bonchev–Trinajstić information content (AvgIpc) is 3.43. The molecule has 154 valence electrons.